The summed E-state index contributed by atoms with van der Waals surface area (Å²) in [4.78, 5) is 6.60. The molecule has 1 aromatic carbocycles. The highest BCUT2D eigenvalue weighted by atomic mass is 15.1. The maximum absolute atomic E-state index is 4.08. The molecule has 23 heavy (non-hydrogen) atoms. The van der Waals surface area contributed by atoms with Crippen LogP contribution in [0, 0.1) is 0 Å². The zero-order valence-corrected chi connectivity index (χ0v) is 13.1. The number of aromatic nitrogens is 3. The van der Waals surface area contributed by atoms with Crippen LogP contribution in [0.25, 0.3) is 10.9 Å². The quantitative estimate of drug-likeness (QED) is 0.778. The van der Waals surface area contributed by atoms with Crippen LogP contribution in [0.2, 0.25) is 0 Å². The molecule has 0 saturated carbocycles. The van der Waals surface area contributed by atoms with Crippen molar-refractivity contribution in [2.45, 2.75) is 25.4 Å². The van der Waals surface area contributed by atoms with E-state index in [9.17, 15) is 0 Å². The van der Waals surface area contributed by atoms with Crippen LogP contribution in [-0.4, -0.2) is 39.2 Å². The number of aromatic amines is 1. The molecule has 3 aromatic rings. The number of hydrogen-bond acceptors (Lipinski definition) is 4. The topological polar surface area (TPSA) is 56.8 Å². The van der Waals surface area contributed by atoms with Crippen LogP contribution in [0.1, 0.15) is 18.4 Å². The van der Waals surface area contributed by atoms with E-state index < -0.39 is 0 Å². The Kier molecular flexibility index (Phi) is 3.94. The number of H-pyrrole nitrogens is 1. The summed E-state index contributed by atoms with van der Waals surface area (Å²) in [6, 6.07) is 11.1. The van der Waals surface area contributed by atoms with Crippen molar-refractivity contribution in [1.82, 2.24) is 20.1 Å². The van der Waals surface area contributed by atoms with Gasteiger partial charge in [0.15, 0.2) is 0 Å². The highest BCUT2D eigenvalue weighted by Gasteiger charge is 2.19. The lowest BCUT2D eigenvalue weighted by Gasteiger charge is -2.32. The van der Waals surface area contributed by atoms with Crippen LogP contribution in [0.4, 0.5) is 5.69 Å². The Balaban J connectivity index is 1.32. The molecule has 0 radical (unpaired) electrons. The van der Waals surface area contributed by atoms with E-state index in [0.29, 0.717) is 6.04 Å². The van der Waals surface area contributed by atoms with Gasteiger partial charge in [0, 0.05) is 49.1 Å². The van der Waals surface area contributed by atoms with Crippen LogP contribution in [0.3, 0.4) is 0 Å². The molecule has 1 saturated heterocycles. The number of likely N-dealkylation sites (tertiary alicyclic amines) is 1. The molecule has 0 aliphatic carbocycles. The number of nitrogens with one attached hydrogen (secondary N) is 2. The predicted octanol–water partition coefficient (Wildman–Crippen LogP) is 3.03. The van der Waals surface area contributed by atoms with Gasteiger partial charge >= 0.3 is 0 Å². The van der Waals surface area contributed by atoms with Gasteiger partial charge in [0.25, 0.3) is 0 Å². The first kappa shape index (κ1) is 14.2. The molecule has 0 spiro atoms. The highest BCUT2D eigenvalue weighted by Crippen LogP contribution is 2.21. The van der Waals surface area contributed by atoms with Gasteiger partial charge in [-0.15, -0.1) is 0 Å². The van der Waals surface area contributed by atoms with E-state index in [1.807, 2.05) is 18.6 Å². The summed E-state index contributed by atoms with van der Waals surface area (Å²) in [5.41, 5.74) is 3.62. The molecule has 0 bridgehead atoms. The third-order valence-electron chi connectivity index (χ3n) is 4.55. The van der Waals surface area contributed by atoms with E-state index in [1.54, 1.807) is 0 Å². The van der Waals surface area contributed by atoms with E-state index in [1.165, 1.54) is 24.1 Å². The van der Waals surface area contributed by atoms with E-state index >= 15 is 0 Å². The summed E-state index contributed by atoms with van der Waals surface area (Å²) in [7, 11) is 0. The zero-order chi connectivity index (χ0) is 15.5. The number of anilines is 1. The standard InChI is InChI=1S/C18H21N5/c1-2-18-15(12-20-22-18)11-17(1)21-16-5-9-23(10-6-16)13-14-3-7-19-8-4-14/h1-4,7-8,11-12,16,21H,5-6,9-10,13H2,(H,20,22). The fourth-order valence-electron chi connectivity index (χ4n) is 3.25. The first-order valence-electron chi connectivity index (χ1n) is 8.18. The van der Waals surface area contributed by atoms with Gasteiger partial charge in [0.1, 0.15) is 0 Å². The van der Waals surface area contributed by atoms with Crippen molar-refractivity contribution in [2.24, 2.45) is 0 Å². The van der Waals surface area contributed by atoms with Crippen LogP contribution < -0.4 is 5.32 Å². The summed E-state index contributed by atoms with van der Waals surface area (Å²) < 4.78 is 0. The molecule has 5 nitrogen and oxygen atoms in total. The van der Waals surface area contributed by atoms with Gasteiger partial charge in [-0.1, -0.05) is 0 Å². The fraction of sp³-hybridized carbons (Fsp3) is 0.333. The number of rotatable bonds is 4. The Bertz CT molecular complexity index is 759. The first-order valence-corrected chi connectivity index (χ1v) is 8.18. The average molecular weight is 307 g/mol. The first-order chi connectivity index (χ1) is 11.4. The van der Waals surface area contributed by atoms with Crippen molar-refractivity contribution in [3.63, 3.8) is 0 Å². The molecule has 2 aromatic heterocycles. The second-order valence-corrected chi connectivity index (χ2v) is 6.22. The van der Waals surface area contributed by atoms with E-state index in [4.69, 9.17) is 0 Å². The second kappa shape index (κ2) is 6.38. The molecule has 3 heterocycles. The van der Waals surface area contributed by atoms with Crippen molar-refractivity contribution in [2.75, 3.05) is 18.4 Å². The van der Waals surface area contributed by atoms with Crippen LogP contribution >= 0.6 is 0 Å². The summed E-state index contributed by atoms with van der Waals surface area (Å²) in [5, 5.41) is 11.9. The average Bonchev–Trinajstić information content (AvgIpc) is 3.05. The monoisotopic (exact) mass is 307 g/mol. The van der Waals surface area contributed by atoms with Crippen molar-refractivity contribution in [3.05, 3.63) is 54.5 Å². The maximum Gasteiger partial charge on any atom is 0.0651 e. The van der Waals surface area contributed by atoms with Gasteiger partial charge in [-0.05, 0) is 48.7 Å². The van der Waals surface area contributed by atoms with Crippen molar-refractivity contribution < 1.29 is 0 Å². The van der Waals surface area contributed by atoms with Crippen molar-refractivity contribution in [3.8, 4) is 0 Å². The van der Waals surface area contributed by atoms with Crippen LogP contribution in [0.15, 0.2) is 48.9 Å². The number of nitrogens with zero attached hydrogens (tertiary/aromatic N) is 3. The van der Waals surface area contributed by atoms with Gasteiger partial charge in [-0.25, -0.2) is 0 Å². The highest BCUT2D eigenvalue weighted by molar-refractivity contribution is 5.81. The number of pyridine rings is 1. The van der Waals surface area contributed by atoms with Crippen LogP contribution in [-0.2, 0) is 6.54 Å². The number of piperidine rings is 1. The molecular formula is C18H21N5. The molecule has 118 valence electrons. The van der Waals surface area contributed by atoms with E-state index in [-0.39, 0.29) is 0 Å². The summed E-state index contributed by atoms with van der Waals surface area (Å²) in [6.07, 6.45) is 7.96. The minimum Gasteiger partial charge on any atom is -0.382 e. The molecule has 1 aliphatic rings. The molecule has 0 atom stereocenters. The van der Waals surface area contributed by atoms with E-state index in [2.05, 4.69) is 55.7 Å². The third-order valence-corrected chi connectivity index (χ3v) is 4.55. The molecule has 0 amide bonds. The minimum atomic E-state index is 0.549. The zero-order valence-electron chi connectivity index (χ0n) is 13.1. The predicted molar refractivity (Wildman–Crippen MR) is 92.3 cm³/mol. The normalized spacial score (nSPS) is 16.7. The summed E-state index contributed by atoms with van der Waals surface area (Å²) >= 11 is 0. The van der Waals surface area contributed by atoms with Crippen molar-refractivity contribution in [1.29, 1.82) is 0 Å². The lowest BCUT2D eigenvalue weighted by atomic mass is 10.0. The van der Waals surface area contributed by atoms with Crippen molar-refractivity contribution >= 4 is 16.6 Å². The van der Waals surface area contributed by atoms with Gasteiger partial charge in [-0.3, -0.25) is 15.0 Å². The lowest BCUT2D eigenvalue weighted by Crippen LogP contribution is -2.38. The Hall–Kier alpha value is -2.40. The van der Waals surface area contributed by atoms with E-state index in [0.717, 1.165) is 30.5 Å². The minimum absolute atomic E-state index is 0.549. The van der Waals surface area contributed by atoms with Gasteiger partial charge < -0.3 is 5.32 Å². The number of benzene rings is 1. The lowest BCUT2D eigenvalue weighted by molar-refractivity contribution is 0.211. The third kappa shape index (κ3) is 3.35. The largest absolute Gasteiger partial charge is 0.382 e. The molecule has 1 fully saturated rings. The Morgan fingerprint density at radius 3 is 2.78 bits per heavy atom. The molecule has 0 unspecified atom stereocenters. The van der Waals surface area contributed by atoms with Gasteiger partial charge in [0.2, 0.25) is 0 Å². The molecule has 5 heteroatoms. The van der Waals surface area contributed by atoms with Gasteiger partial charge in [0.05, 0.1) is 11.7 Å². The molecule has 2 N–H and O–H groups in total. The fourth-order valence-corrected chi connectivity index (χ4v) is 3.25. The molecule has 4 rings (SSSR count). The molecular weight excluding hydrogens is 286 g/mol. The summed E-state index contributed by atoms with van der Waals surface area (Å²) in [6.45, 7) is 3.29. The summed E-state index contributed by atoms with van der Waals surface area (Å²) in [5.74, 6) is 0. The maximum atomic E-state index is 4.08. The van der Waals surface area contributed by atoms with Gasteiger partial charge in [-0.2, -0.15) is 5.10 Å². The number of fused-ring (bicyclic) bond motifs is 1. The molecule has 1 aliphatic heterocycles. The Morgan fingerprint density at radius 1 is 1.13 bits per heavy atom. The SMILES string of the molecule is c1cc(CN2CCC(Nc3ccc4[nH]ncc4c3)CC2)ccn1. The second-order valence-electron chi connectivity index (χ2n) is 6.22. The Labute approximate surface area is 135 Å². The Morgan fingerprint density at radius 2 is 1.96 bits per heavy atom. The number of hydrogen-bond donors (Lipinski definition) is 2. The smallest absolute Gasteiger partial charge is 0.0651 e. The van der Waals surface area contributed by atoms with Crippen LogP contribution in [0.5, 0.6) is 0 Å².